The molecule has 18 heavy (non-hydrogen) atoms. The van der Waals surface area contributed by atoms with Gasteiger partial charge in [0.15, 0.2) is 0 Å². The highest BCUT2D eigenvalue weighted by Gasteiger charge is 2.32. The molecule has 2 N–H and O–H groups in total. The summed E-state index contributed by atoms with van der Waals surface area (Å²) >= 11 is 0. The van der Waals surface area contributed by atoms with E-state index in [1.165, 1.54) is 4.90 Å². The zero-order valence-electron chi connectivity index (χ0n) is 10.8. The minimum Gasteiger partial charge on any atom is -0.330 e. The lowest BCUT2D eigenvalue weighted by Gasteiger charge is -2.23. The van der Waals surface area contributed by atoms with Gasteiger partial charge in [0, 0.05) is 38.5 Å². The van der Waals surface area contributed by atoms with Gasteiger partial charge >= 0.3 is 0 Å². The van der Waals surface area contributed by atoms with E-state index in [1.807, 2.05) is 0 Å². The van der Waals surface area contributed by atoms with Crippen molar-refractivity contribution < 1.29 is 9.59 Å². The number of amides is 2. The molecule has 0 radical (unpaired) electrons. The quantitative estimate of drug-likeness (QED) is 0.746. The maximum absolute atomic E-state index is 11.5. The van der Waals surface area contributed by atoms with Crippen molar-refractivity contribution in [1.82, 2.24) is 9.80 Å². The number of nitrogens with two attached hydrogens (primary N) is 1. The summed E-state index contributed by atoms with van der Waals surface area (Å²) in [6.45, 7) is 5.23. The standard InChI is InChI=1S/C12H21N3O2.ClH/c1-9-6-10(7-13)8-14(9)4-5-15-11(16)2-3-12(15)17;/h9-10H,2-8,13H2,1H3;1H. The third-order valence-corrected chi connectivity index (χ3v) is 3.89. The molecule has 2 heterocycles. The highest BCUT2D eigenvalue weighted by Crippen LogP contribution is 2.22. The van der Waals surface area contributed by atoms with Gasteiger partial charge < -0.3 is 5.73 Å². The first-order valence-corrected chi connectivity index (χ1v) is 6.39. The monoisotopic (exact) mass is 275 g/mol. The molecule has 5 nitrogen and oxygen atoms in total. The van der Waals surface area contributed by atoms with E-state index in [0.717, 1.165) is 26.1 Å². The summed E-state index contributed by atoms with van der Waals surface area (Å²) in [5, 5.41) is 0. The maximum Gasteiger partial charge on any atom is 0.229 e. The van der Waals surface area contributed by atoms with Crippen LogP contribution < -0.4 is 5.73 Å². The molecule has 2 saturated heterocycles. The lowest BCUT2D eigenvalue weighted by atomic mass is 10.1. The minimum absolute atomic E-state index is 0. The van der Waals surface area contributed by atoms with Crippen molar-refractivity contribution in [2.24, 2.45) is 11.7 Å². The van der Waals surface area contributed by atoms with Crippen LogP contribution in [-0.4, -0.2) is 53.8 Å². The fourth-order valence-corrected chi connectivity index (χ4v) is 2.80. The second kappa shape index (κ2) is 6.50. The number of hydrogen-bond acceptors (Lipinski definition) is 4. The van der Waals surface area contributed by atoms with Gasteiger partial charge in [0.05, 0.1) is 0 Å². The number of halogens is 1. The van der Waals surface area contributed by atoms with Crippen molar-refractivity contribution in [3.63, 3.8) is 0 Å². The van der Waals surface area contributed by atoms with Gasteiger partial charge in [0.2, 0.25) is 11.8 Å². The Kier molecular flexibility index (Phi) is 5.56. The molecule has 2 atom stereocenters. The fourth-order valence-electron chi connectivity index (χ4n) is 2.80. The van der Waals surface area contributed by atoms with Gasteiger partial charge in [-0.1, -0.05) is 0 Å². The molecule has 104 valence electrons. The smallest absolute Gasteiger partial charge is 0.229 e. The molecule has 0 saturated carbocycles. The van der Waals surface area contributed by atoms with Crippen LogP contribution in [0.3, 0.4) is 0 Å². The predicted octanol–water partition coefficient (Wildman–Crippen LogP) is 0.226. The minimum atomic E-state index is -0.0165. The van der Waals surface area contributed by atoms with Crippen LogP contribution in [0.15, 0.2) is 0 Å². The van der Waals surface area contributed by atoms with Crippen LogP contribution in [0.25, 0.3) is 0 Å². The zero-order chi connectivity index (χ0) is 12.4. The summed E-state index contributed by atoms with van der Waals surface area (Å²) in [5.41, 5.74) is 5.68. The number of carbonyl (C=O) groups is 2. The molecule has 2 rings (SSSR count). The summed E-state index contributed by atoms with van der Waals surface area (Å²) in [4.78, 5) is 26.7. The molecule has 0 aliphatic carbocycles. The number of carbonyl (C=O) groups excluding carboxylic acids is 2. The van der Waals surface area contributed by atoms with E-state index in [0.29, 0.717) is 31.3 Å². The number of nitrogens with zero attached hydrogens (tertiary/aromatic N) is 2. The molecular formula is C12H22ClN3O2. The van der Waals surface area contributed by atoms with Gasteiger partial charge in [0.1, 0.15) is 0 Å². The summed E-state index contributed by atoms with van der Waals surface area (Å²) in [6, 6.07) is 0.511. The highest BCUT2D eigenvalue weighted by atomic mass is 35.5. The Morgan fingerprint density at radius 3 is 2.33 bits per heavy atom. The van der Waals surface area contributed by atoms with Crippen LogP contribution in [0.2, 0.25) is 0 Å². The van der Waals surface area contributed by atoms with Gasteiger partial charge in [-0.15, -0.1) is 12.4 Å². The van der Waals surface area contributed by atoms with Crippen LogP contribution in [0.1, 0.15) is 26.2 Å². The van der Waals surface area contributed by atoms with E-state index in [9.17, 15) is 9.59 Å². The number of rotatable bonds is 4. The Hall–Kier alpha value is -0.650. The Labute approximate surface area is 114 Å². The van der Waals surface area contributed by atoms with Crippen molar-refractivity contribution in [3.8, 4) is 0 Å². The SMILES string of the molecule is CC1CC(CN)CN1CCN1C(=O)CCC1=O.Cl. The molecule has 2 fully saturated rings. The number of likely N-dealkylation sites (tertiary alicyclic amines) is 2. The first-order valence-electron chi connectivity index (χ1n) is 6.39. The molecule has 2 aliphatic heterocycles. The van der Waals surface area contributed by atoms with Crippen LogP contribution in [-0.2, 0) is 9.59 Å². The topological polar surface area (TPSA) is 66.6 Å². The van der Waals surface area contributed by atoms with Crippen LogP contribution in [0.5, 0.6) is 0 Å². The van der Waals surface area contributed by atoms with Crippen molar-refractivity contribution in [2.75, 3.05) is 26.2 Å². The third-order valence-electron chi connectivity index (χ3n) is 3.89. The molecule has 2 aliphatic rings. The Balaban J connectivity index is 0.00000162. The van der Waals surface area contributed by atoms with E-state index >= 15 is 0 Å². The van der Waals surface area contributed by atoms with Gasteiger partial charge in [-0.05, 0) is 25.8 Å². The van der Waals surface area contributed by atoms with E-state index in [1.54, 1.807) is 0 Å². The number of imide groups is 1. The van der Waals surface area contributed by atoms with Gasteiger partial charge in [-0.3, -0.25) is 19.4 Å². The van der Waals surface area contributed by atoms with Crippen LogP contribution in [0, 0.1) is 5.92 Å². The largest absolute Gasteiger partial charge is 0.330 e. The Morgan fingerprint density at radius 2 is 1.83 bits per heavy atom. The van der Waals surface area contributed by atoms with Gasteiger partial charge in [-0.2, -0.15) is 0 Å². The van der Waals surface area contributed by atoms with E-state index < -0.39 is 0 Å². The van der Waals surface area contributed by atoms with Crippen molar-refractivity contribution >= 4 is 24.2 Å². The molecule has 6 heteroatoms. The van der Waals surface area contributed by atoms with E-state index in [-0.39, 0.29) is 24.2 Å². The first-order chi connectivity index (χ1) is 8.11. The summed E-state index contributed by atoms with van der Waals surface area (Å²) in [5.74, 6) is 0.532. The average molecular weight is 276 g/mol. The Morgan fingerprint density at radius 1 is 1.22 bits per heavy atom. The van der Waals surface area contributed by atoms with Crippen molar-refractivity contribution in [1.29, 1.82) is 0 Å². The second-order valence-corrected chi connectivity index (χ2v) is 5.12. The summed E-state index contributed by atoms with van der Waals surface area (Å²) in [7, 11) is 0. The summed E-state index contributed by atoms with van der Waals surface area (Å²) in [6.07, 6.45) is 1.90. The van der Waals surface area contributed by atoms with Crippen molar-refractivity contribution in [2.45, 2.75) is 32.2 Å². The highest BCUT2D eigenvalue weighted by molar-refractivity contribution is 6.01. The molecule has 0 aromatic rings. The summed E-state index contributed by atoms with van der Waals surface area (Å²) < 4.78 is 0. The second-order valence-electron chi connectivity index (χ2n) is 5.12. The van der Waals surface area contributed by atoms with E-state index in [2.05, 4.69) is 11.8 Å². The molecule has 0 spiro atoms. The van der Waals surface area contributed by atoms with Gasteiger partial charge in [0.25, 0.3) is 0 Å². The fraction of sp³-hybridized carbons (Fsp3) is 0.833. The zero-order valence-corrected chi connectivity index (χ0v) is 11.6. The normalized spacial score (nSPS) is 28.9. The van der Waals surface area contributed by atoms with Crippen LogP contribution in [0.4, 0.5) is 0 Å². The van der Waals surface area contributed by atoms with Crippen molar-refractivity contribution in [3.05, 3.63) is 0 Å². The number of hydrogen-bond donors (Lipinski definition) is 1. The van der Waals surface area contributed by atoms with Crippen LogP contribution >= 0.6 is 12.4 Å². The molecule has 2 unspecified atom stereocenters. The van der Waals surface area contributed by atoms with E-state index in [4.69, 9.17) is 5.73 Å². The third kappa shape index (κ3) is 3.22. The molecular weight excluding hydrogens is 254 g/mol. The molecule has 0 aromatic heterocycles. The maximum atomic E-state index is 11.5. The Bertz CT molecular complexity index is 308. The lowest BCUT2D eigenvalue weighted by Crippen LogP contribution is -2.39. The molecule has 0 aromatic carbocycles. The molecule has 0 bridgehead atoms. The molecule has 2 amide bonds. The van der Waals surface area contributed by atoms with Gasteiger partial charge in [-0.25, -0.2) is 0 Å². The predicted molar refractivity (Wildman–Crippen MR) is 71.4 cm³/mol. The average Bonchev–Trinajstić information content (AvgIpc) is 2.81. The first kappa shape index (κ1) is 15.4. The lowest BCUT2D eigenvalue weighted by molar-refractivity contribution is -0.138.